The molecule has 0 aliphatic carbocycles. The number of aliphatic hydroxyl groups is 1. The van der Waals surface area contributed by atoms with Gasteiger partial charge in [0.15, 0.2) is 5.76 Å². The summed E-state index contributed by atoms with van der Waals surface area (Å²) >= 11 is 0. The van der Waals surface area contributed by atoms with Crippen molar-refractivity contribution in [3.63, 3.8) is 0 Å². The van der Waals surface area contributed by atoms with E-state index in [0.717, 1.165) is 12.0 Å². The minimum absolute atomic E-state index is 0.131. The summed E-state index contributed by atoms with van der Waals surface area (Å²) < 4.78 is 12.8. The smallest absolute Gasteiger partial charge is 0.289 e. The summed E-state index contributed by atoms with van der Waals surface area (Å²) in [5, 5.41) is 9.68. The lowest BCUT2D eigenvalue weighted by molar-refractivity contribution is -0.127. The van der Waals surface area contributed by atoms with E-state index in [1.807, 2.05) is 0 Å². The van der Waals surface area contributed by atoms with Crippen molar-refractivity contribution in [3.05, 3.63) is 47.0 Å². The van der Waals surface area contributed by atoms with Gasteiger partial charge in [0.25, 0.3) is 11.8 Å². The zero-order chi connectivity index (χ0) is 16.3. The molecule has 1 aliphatic rings. The van der Waals surface area contributed by atoms with Gasteiger partial charge in [-0.1, -0.05) is 12.1 Å². The summed E-state index contributed by atoms with van der Waals surface area (Å²) in [5.41, 5.74) is 1.14. The maximum atomic E-state index is 12.8. The van der Waals surface area contributed by atoms with Crippen LogP contribution in [-0.4, -0.2) is 53.9 Å². The van der Waals surface area contributed by atoms with Gasteiger partial charge >= 0.3 is 0 Å². The molecule has 0 radical (unpaired) electrons. The van der Waals surface area contributed by atoms with Crippen LogP contribution < -0.4 is 0 Å². The number of likely N-dealkylation sites (N-methyl/N-ethyl adjacent to an activating group) is 2. The highest BCUT2D eigenvalue weighted by Gasteiger charge is 2.32. The second kappa shape index (κ2) is 6.60. The van der Waals surface area contributed by atoms with E-state index in [1.165, 1.54) is 29.0 Å². The Bertz CT molecular complexity index is 610. The first-order chi connectivity index (χ1) is 10.4. The average molecular weight is 306 g/mol. The highest BCUT2D eigenvalue weighted by Crippen LogP contribution is 2.17. The molecule has 0 bridgehead atoms. The fourth-order valence-electron chi connectivity index (χ4n) is 2.37. The largest absolute Gasteiger partial charge is 0.503 e. The van der Waals surface area contributed by atoms with Crippen LogP contribution in [0.25, 0.3) is 0 Å². The van der Waals surface area contributed by atoms with Crippen molar-refractivity contribution in [1.82, 2.24) is 9.80 Å². The predicted molar refractivity (Wildman–Crippen MR) is 79.6 cm³/mol. The van der Waals surface area contributed by atoms with E-state index in [0.29, 0.717) is 13.0 Å². The number of benzene rings is 1. The summed E-state index contributed by atoms with van der Waals surface area (Å²) in [4.78, 5) is 26.5. The number of carbonyl (C=O) groups is 2. The Morgan fingerprint density at radius 3 is 2.55 bits per heavy atom. The van der Waals surface area contributed by atoms with E-state index in [-0.39, 0.29) is 23.8 Å². The maximum absolute atomic E-state index is 12.8. The van der Waals surface area contributed by atoms with Crippen LogP contribution in [0.2, 0.25) is 0 Å². The summed E-state index contributed by atoms with van der Waals surface area (Å²) in [6.07, 6.45) is 1.44. The van der Waals surface area contributed by atoms with Gasteiger partial charge in [0.1, 0.15) is 5.82 Å². The molecule has 0 aromatic heterocycles. The molecule has 22 heavy (non-hydrogen) atoms. The first-order valence-electron chi connectivity index (χ1n) is 7.07. The Labute approximate surface area is 128 Å². The van der Waals surface area contributed by atoms with Crippen LogP contribution in [0.15, 0.2) is 35.6 Å². The molecule has 2 rings (SSSR count). The van der Waals surface area contributed by atoms with Crippen LogP contribution in [0.3, 0.4) is 0 Å². The number of hydrogen-bond acceptors (Lipinski definition) is 3. The van der Waals surface area contributed by atoms with Crippen LogP contribution in [0.4, 0.5) is 4.39 Å². The molecule has 0 atom stereocenters. The van der Waals surface area contributed by atoms with Crippen molar-refractivity contribution in [3.8, 4) is 0 Å². The summed E-state index contributed by atoms with van der Waals surface area (Å²) in [5.74, 6) is -1.59. The third-order valence-electron chi connectivity index (χ3n) is 3.71. The molecule has 5 nitrogen and oxygen atoms in total. The number of nitrogens with zero attached hydrogens (tertiary/aromatic N) is 2. The molecular weight excluding hydrogens is 287 g/mol. The molecule has 6 heteroatoms. The number of carbonyl (C=O) groups excluding carboxylic acids is 2. The SMILES string of the molecule is CN1CC(C(=O)N(C)CCCc2ccc(F)cc2)=C(O)C1=O. The molecule has 1 N–H and O–H groups in total. The molecule has 0 fully saturated rings. The number of aryl methyl sites for hydroxylation is 1. The second-order valence-corrected chi connectivity index (χ2v) is 5.45. The van der Waals surface area contributed by atoms with E-state index in [9.17, 15) is 19.1 Å². The lowest BCUT2D eigenvalue weighted by Gasteiger charge is -2.18. The number of amides is 2. The minimum atomic E-state index is -0.525. The topological polar surface area (TPSA) is 60.9 Å². The molecule has 1 aliphatic heterocycles. The summed E-state index contributed by atoms with van der Waals surface area (Å²) in [7, 11) is 3.17. The Hall–Kier alpha value is -2.37. The fraction of sp³-hybridized carbons (Fsp3) is 0.375. The van der Waals surface area contributed by atoms with Gasteiger partial charge in [0.2, 0.25) is 0 Å². The molecule has 0 saturated heterocycles. The zero-order valence-corrected chi connectivity index (χ0v) is 12.7. The number of aliphatic hydroxyl groups excluding tert-OH is 1. The molecule has 1 aromatic carbocycles. The van der Waals surface area contributed by atoms with Crippen molar-refractivity contribution >= 4 is 11.8 Å². The van der Waals surface area contributed by atoms with Crippen molar-refractivity contribution in [1.29, 1.82) is 0 Å². The third-order valence-corrected chi connectivity index (χ3v) is 3.71. The van der Waals surface area contributed by atoms with Gasteiger partial charge in [-0.05, 0) is 30.5 Å². The molecule has 118 valence electrons. The zero-order valence-electron chi connectivity index (χ0n) is 12.7. The number of rotatable bonds is 5. The lowest BCUT2D eigenvalue weighted by atomic mass is 10.1. The molecule has 2 amide bonds. The molecular formula is C16H19FN2O3. The van der Waals surface area contributed by atoms with E-state index >= 15 is 0 Å². The minimum Gasteiger partial charge on any atom is -0.503 e. The van der Waals surface area contributed by atoms with Crippen molar-refractivity contribution in [2.75, 3.05) is 27.2 Å². The lowest BCUT2D eigenvalue weighted by Crippen LogP contribution is -2.31. The van der Waals surface area contributed by atoms with Gasteiger partial charge in [-0.25, -0.2) is 4.39 Å². The Kier molecular flexibility index (Phi) is 4.80. The standard InChI is InChI=1S/C16H19FN2O3/c1-18(9-3-4-11-5-7-12(17)8-6-11)15(21)13-10-19(2)16(22)14(13)20/h5-8,20H,3-4,9-10H2,1-2H3. The normalized spacial score (nSPS) is 14.7. The van der Waals surface area contributed by atoms with Crippen LogP contribution in [-0.2, 0) is 16.0 Å². The van der Waals surface area contributed by atoms with E-state index in [4.69, 9.17) is 0 Å². The number of hydrogen-bond donors (Lipinski definition) is 1. The van der Waals surface area contributed by atoms with E-state index in [2.05, 4.69) is 0 Å². The summed E-state index contributed by atoms with van der Waals surface area (Å²) in [6, 6.07) is 6.26. The van der Waals surface area contributed by atoms with Gasteiger partial charge in [-0.3, -0.25) is 9.59 Å². The Balaban J connectivity index is 1.87. The van der Waals surface area contributed by atoms with Crippen molar-refractivity contribution in [2.24, 2.45) is 0 Å². The van der Waals surface area contributed by atoms with Gasteiger partial charge in [0.05, 0.1) is 12.1 Å². The Morgan fingerprint density at radius 1 is 1.36 bits per heavy atom. The second-order valence-electron chi connectivity index (χ2n) is 5.45. The molecule has 1 aromatic rings. The molecule has 0 saturated carbocycles. The van der Waals surface area contributed by atoms with Crippen LogP contribution >= 0.6 is 0 Å². The maximum Gasteiger partial charge on any atom is 0.289 e. The fourth-order valence-corrected chi connectivity index (χ4v) is 2.37. The third kappa shape index (κ3) is 3.44. The van der Waals surface area contributed by atoms with Crippen LogP contribution in [0, 0.1) is 5.82 Å². The van der Waals surface area contributed by atoms with Gasteiger partial charge < -0.3 is 14.9 Å². The first kappa shape index (κ1) is 16.0. The first-order valence-corrected chi connectivity index (χ1v) is 7.07. The summed E-state index contributed by atoms with van der Waals surface area (Å²) in [6.45, 7) is 0.622. The quantitative estimate of drug-likeness (QED) is 0.897. The predicted octanol–water partition coefficient (Wildman–Crippen LogP) is 1.50. The van der Waals surface area contributed by atoms with Gasteiger partial charge in [-0.15, -0.1) is 0 Å². The van der Waals surface area contributed by atoms with Crippen LogP contribution in [0.5, 0.6) is 0 Å². The highest BCUT2D eigenvalue weighted by atomic mass is 19.1. The average Bonchev–Trinajstić information content (AvgIpc) is 2.76. The highest BCUT2D eigenvalue weighted by molar-refractivity contribution is 6.06. The van der Waals surface area contributed by atoms with E-state index in [1.54, 1.807) is 19.2 Å². The van der Waals surface area contributed by atoms with E-state index < -0.39 is 11.7 Å². The van der Waals surface area contributed by atoms with Crippen LogP contribution in [0.1, 0.15) is 12.0 Å². The number of halogens is 1. The Morgan fingerprint density at radius 2 is 2.00 bits per heavy atom. The van der Waals surface area contributed by atoms with Crippen molar-refractivity contribution in [2.45, 2.75) is 12.8 Å². The molecule has 0 spiro atoms. The monoisotopic (exact) mass is 306 g/mol. The molecule has 1 heterocycles. The van der Waals surface area contributed by atoms with Gasteiger partial charge in [-0.2, -0.15) is 0 Å². The van der Waals surface area contributed by atoms with Gasteiger partial charge in [0, 0.05) is 20.6 Å². The molecule has 0 unspecified atom stereocenters. The van der Waals surface area contributed by atoms with Crippen molar-refractivity contribution < 1.29 is 19.1 Å².